The van der Waals surface area contributed by atoms with Gasteiger partial charge in [-0.2, -0.15) is 0 Å². The average Bonchev–Trinajstić information content (AvgIpc) is 2.68. The van der Waals surface area contributed by atoms with Crippen molar-refractivity contribution in [3.05, 3.63) is 0 Å². The minimum Gasteiger partial charge on any atom is -0.481 e. The minimum absolute atomic E-state index is 0.0335. The number of aliphatic carboxylic acids is 2. The van der Waals surface area contributed by atoms with E-state index in [1.165, 1.54) is 30.6 Å². The van der Waals surface area contributed by atoms with E-state index >= 15 is 0 Å². The predicted octanol–water partition coefficient (Wildman–Crippen LogP) is 5.35. The van der Waals surface area contributed by atoms with Crippen molar-refractivity contribution in [2.75, 3.05) is 0 Å². The van der Waals surface area contributed by atoms with Gasteiger partial charge in [0.25, 0.3) is 0 Å². The van der Waals surface area contributed by atoms with Crippen LogP contribution in [0, 0.1) is 0 Å². The Morgan fingerprint density at radius 2 is 1.19 bits per heavy atom. The molecule has 1 fully saturated rings. The molecule has 0 aliphatic carbocycles. The monoisotopic (exact) mass is 453 g/mol. The van der Waals surface area contributed by atoms with E-state index in [4.69, 9.17) is 0 Å². The molecule has 0 saturated carbocycles. The van der Waals surface area contributed by atoms with Crippen molar-refractivity contribution in [1.29, 1.82) is 0 Å². The lowest BCUT2D eigenvalue weighted by molar-refractivity contribution is -0.172. The fourth-order valence-corrected chi connectivity index (χ4v) is 4.79. The Morgan fingerprint density at radius 3 is 1.56 bits per heavy atom. The number of ketones is 1. The van der Waals surface area contributed by atoms with Gasteiger partial charge in [0.2, 0.25) is 5.91 Å². The van der Waals surface area contributed by atoms with Crippen LogP contribution in [-0.2, 0) is 19.2 Å². The summed E-state index contributed by atoms with van der Waals surface area (Å²) in [5, 5.41) is 19.5. The fourth-order valence-electron chi connectivity index (χ4n) is 4.79. The highest BCUT2D eigenvalue weighted by Crippen LogP contribution is 2.34. The molecule has 1 heterocycles. The molecule has 32 heavy (non-hydrogen) atoms. The third-order valence-corrected chi connectivity index (χ3v) is 6.36. The van der Waals surface area contributed by atoms with Crippen molar-refractivity contribution < 1.29 is 29.4 Å². The lowest BCUT2D eigenvalue weighted by atomic mass is 9.80. The molecule has 1 saturated heterocycles. The first-order valence-electron chi connectivity index (χ1n) is 12.3. The van der Waals surface area contributed by atoms with Crippen LogP contribution in [0.15, 0.2) is 0 Å². The maximum absolute atomic E-state index is 13.4. The lowest BCUT2D eigenvalue weighted by Gasteiger charge is -2.47. The molecule has 0 bridgehead atoms. The Morgan fingerprint density at radius 1 is 0.781 bits per heavy atom. The molecule has 1 atom stereocenters. The zero-order chi connectivity index (χ0) is 24.2. The van der Waals surface area contributed by atoms with Crippen LogP contribution in [0.1, 0.15) is 124 Å². The molecule has 0 aromatic rings. The Bertz CT molecular complexity index is 639. The molecule has 1 aliphatic heterocycles. The van der Waals surface area contributed by atoms with Crippen LogP contribution in [0.5, 0.6) is 0 Å². The SMILES string of the molecule is CC(C)(C)N1C(=O)CCCCCCCCCCCCCCC(=O)[C@]1(CCC(=O)O)C(=O)O. The highest BCUT2D eigenvalue weighted by molar-refractivity contribution is 6.10. The molecule has 0 aromatic heterocycles. The van der Waals surface area contributed by atoms with Crippen molar-refractivity contribution in [3.63, 3.8) is 0 Å². The number of Topliss-reactive ketones (excluding diaryl/α,β-unsaturated/α-hetero) is 1. The van der Waals surface area contributed by atoms with Crippen molar-refractivity contribution in [1.82, 2.24) is 4.90 Å². The van der Waals surface area contributed by atoms with Crippen molar-refractivity contribution in [2.45, 2.75) is 135 Å². The summed E-state index contributed by atoms with van der Waals surface area (Å²) in [6, 6.07) is 0. The number of nitrogens with zero attached hydrogens (tertiary/aromatic N) is 1. The van der Waals surface area contributed by atoms with Gasteiger partial charge in [0.15, 0.2) is 11.3 Å². The molecule has 184 valence electrons. The molecule has 0 radical (unpaired) electrons. The van der Waals surface area contributed by atoms with E-state index in [-0.39, 0.29) is 18.7 Å². The third-order valence-electron chi connectivity index (χ3n) is 6.36. The van der Waals surface area contributed by atoms with E-state index in [1.807, 2.05) is 0 Å². The van der Waals surface area contributed by atoms with Gasteiger partial charge in [-0.1, -0.05) is 64.2 Å². The zero-order valence-corrected chi connectivity index (χ0v) is 20.3. The molecule has 7 heteroatoms. The minimum atomic E-state index is -2.15. The smallest absolute Gasteiger partial charge is 0.337 e. The summed E-state index contributed by atoms with van der Waals surface area (Å²) < 4.78 is 0. The van der Waals surface area contributed by atoms with Crippen LogP contribution in [0.2, 0.25) is 0 Å². The molecule has 1 amide bonds. The molecule has 0 unspecified atom stereocenters. The summed E-state index contributed by atoms with van der Waals surface area (Å²) in [6.45, 7) is 5.13. The summed E-state index contributed by atoms with van der Waals surface area (Å²) >= 11 is 0. The summed E-state index contributed by atoms with van der Waals surface area (Å²) in [7, 11) is 0. The van der Waals surface area contributed by atoms with Crippen LogP contribution >= 0.6 is 0 Å². The summed E-state index contributed by atoms with van der Waals surface area (Å²) in [5.74, 6) is -3.56. The molecule has 1 aliphatic rings. The molecule has 0 aromatic carbocycles. The van der Waals surface area contributed by atoms with E-state index in [0.717, 1.165) is 38.5 Å². The quantitative estimate of drug-likeness (QED) is 0.555. The van der Waals surface area contributed by atoms with Gasteiger partial charge in [-0.15, -0.1) is 0 Å². The van der Waals surface area contributed by atoms with Gasteiger partial charge in [0, 0.05) is 24.8 Å². The van der Waals surface area contributed by atoms with Crippen molar-refractivity contribution >= 4 is 23.6 Å². The number of carbonyl (C=O) groups is 4. The van der Waals surface area contributed by atoms with Crippen LogP contribution < -0.4 is 0 Å². The van der Waals surface area contributed by atoms with E-state index < -0.39 is 41.6 Å². The van der Waals surface area contributed by atoms with Gasteiger partial charge in [-0.3, -0.25) is 14.4 Å². The Balaban J connectivity index is 3.27. The summed E-state index contributed by atoms with van der Waals surface area (Å²) in [4.78, 5) is 51.9. The van der Waals surface area contributed by atoms with Gasteiger partial charge >= 0.3 is 11.9 Å². The number of amides is 1. The first-order chi connectivity index (χ1) is 15.0. The van der Waals surface area contributed by atoms with Gasteiger partial charge in [-0.25, -0.2) is 4.79 Å². The number of hydrogen-bond donors (Lipinski definition) is 2. The predicted molar refractivity (Wildman–Crippen MR) is 123 cm³/mol. The van der Waals surface area contributed by atoms with E-state index in [2.05, 4.69) is 0 Å². The number of hydrogen-bond acceptors (Lipinski definition) is 4. The lowest BCUT2D eigenvalue weighted by Crippen LogP contribution is -2.67. The molecule has 1 rings (SSSR count). The number of carboxylic acids is 2. The third kappa shape index (κ3) is 8.55. The molecule has 0 spiro atoms. The van der Waals surface area contributed by atoms with Crippen molar-refractivity contribution in [3.8, 4) is 0 Å². The maximum atomic E-state index is 13.4. The van der Waals surface area contributed by atoms with Crippen LogP contribution in [0.4, 0.5) is 0 Å². The van der Waals surface area contributed by atoms with Crippen LogP contribution in [0.25, 0.3) is 0 Å². The normalized spacial score (nSPS) is 23.9. The van der Waals surface area contributed by atoms with Gasteiger partial charge in [-0.05, 0) is 40.0 Å². The molecule has 2 N–H and O–H groups in total. The second kappa shape index (κ2) is 13.6. The van der Waals surface area contributed by atoms with Gasteiger partial charge in [0.1, 0.15) is 0 Å². The van der Waals surface area contributed by atoms with Gasteiger partial charge < -0.3 is 15.1 Å². The topological polar surface area (TPSA) is 112 Å². The number of rotatable bonds is 4. The largest absolute Gasteiger partial charge is 0.481 e. The second-order valence-corrected chi connectivity index (χ2v) is 10.1. The Hall–Kier alpha value is -1.92. The van der Waals surface area contributed by atoms with E-state index in [0.29, 0.717) is 12.8 Å². The fraction of sp³-hybridized carbons (Fsp3) is 0.840. The van der Waals surface area contributed by atoms with Crippen LogP contribution in [0.3, 0.4) is 0 Å². The standard InChI is InChI=1S/C25H43NO6/c1-24(2,3)26-21(28)17-15-13-11-9-7-5-4-6-8-10-12-14-16-20(27)25(26,23(31)32)19-18-22(29)30/h4-19H2,1-3H3,(H,29,30)(H,31,32)/t25-/m1/s1. The summed E-state index contributed by atoms with van der Waals surface area (Å²) in [5.41, 5.74) is -3.09. The zero-order valence-electron chi connectivity index (χ0n) is 20.3. The van der Waals surface area contributed by atoms with E-state index in [1.54, 1.807) is 20.8 Å². The molecular formula is C25H43NO6. The summed E-state index contributed by atoms with van der Waals surface area (Å²) in [6.07, 6.45) is 11.3. The maximum Gasteiger partial charge on any atom is 0.337 e. The van der Waals surface area contributed by atoms with Crippen molar-refractivity contribution in [2.24, 2.45) is 0 Å². The number of carboxylic acid groups (broad SMARTS) is 2. The van der Waals surface area contributed by atoms with Crippen LogP contribution in [-0.4, -0.2) is 49.8 Å². The van der Waals surface area contributed by atoms with Gasteiger partial charge in [0.05, 0.1) is 0 Å². The Kier molecular flexibility index (Phi) is 11.9. The molecular weight excluding hydrogens is 410 g/mol. The highest BCUT2D eigenvalue weighted by Gasteiger charge is 2.55. The highest BCUT2D eigenvalue weighted by atomic mass is 16.4. The van der Waals surface area contributed by atoms with E-state index in [9.17, 15) is 29.4 Å². The first-order valence-corrected chi connectivity index (χ1v) is 12.3. The average molecular weight is 454 g/mol. The second-order valence-electron chi connectivity index (χ2n) is 10.1. The number of carbonyl (C=O) groups excluding carboxylic acids is 2. The Labute approximate surface area is 192 Å². The first kappa shape index (κ1) is 28.1. The molecule has 7 nitrogen and oxygen atoms in total.